The average Bonchev–Trinajstić information content (AvgIpc) is 3.19. The van der Waals surface area contributed by atoms with Gasteiger partial charge in [-0.15, -0.1) is 0 Å². The Morgan fingerprint density at radius 3 is 2.63 bits per heavy atom. The molecule has 2 aliphatic carbocycles. The van der Waals surface area contributed by atoms with Gasteiger partial charge in [0.2, 0.25) is 17.5 Å². The molecule has 4 N–H and O–H groups in total. The molecule has 0 radical (unpaired) electrons. The van der Waals surface area contributed by atoms with Crippen LogP contribution >= 0.6 is 0 Å². The van der Waals surface area contributed by atoms with Crippen molar-refractivity contribution in [3.8, 4) is 5.88 Å². The molecule has 7 nitrogen and oxygen atoms in total. The summed E-state index contributed by atoms with van der Waals surface area (Å²) in [6.45, 7) is 10.8. The molecule has 0 spiro atoms. The molecule has 0 aromatic carbocycles. The van der Waals surface area contributed by atoms with E-state index in [4.69, 9.17) is 14.9 Å². The Bertz CT molecular complexity index is 1230. The molecule has 2 aromatic rings. The van der Waals surface area contributed by atoms with Crippen LogP contribution < -0.4 is 15.8 Å². The van der Waals surface area contributed by atoms with E-state index in [1.54, 1.807) is 7.11 Å². The Morgan fingerprint density at radius 2 is 2.03 bits per heavy atom. The van der Waals surface area contributed by atoms with Gasteiger partial charge in [-0.3, -0.25) is 0 Å². The first kappa shape index (κ1) is 24.9. The summed E-state index contributed by atoms with van der Waals surface area (Å²) in [5.74, 6) is 1.76. The lowest BCUT2D eigenvalue weighted by Crippen LogP contribution is -2.47. The molecule has 2 aromatic heterocycles. The van der Waals surface area contributed by atoms with Crippen LogP contribution in [-0.2, 0) is 0 Å². The molecule has 2 aliphatic rings. The van der Waals surface area contributed by atoms with Gasteiger partial charge in [0.15, 0.2) is 0 Å². The maximum absolute atomic E-state index is 9.21. The number of hydrogen-bond acceptors (Lipinski definition) is 7. The second-order valence-corrected chi connectivity index (χ2v) is 9.61. The van der Waals surface area contributed by atoms with Crippen molar-refractivity contribution in [1.82, 2.24) is 9.97 Å². The van der Waals surface area contributed by atoms with E-state index in [1.165, 1.54) is 0 Å². The number of nitrogens with zero attached hydrogens (tertiary/aromatic N) is 2. The molecular weight excluding hydrogens is 440 g/mol. The van der Waals surface area contributed by atoms with Crippen LogP contribution in [0.5, 0.6) is 5.88 Å². The molecule has 186 valence electrons. The summed E-state index contributed by atoms with van der Waals surface area (Å²) in [5.41, 5.74) is 10.7. The highest BCUT2D eigenvalue weighted by Crippen LogP contribution is 2.45. The van der Waals surface area contributed by atoms with E-state index < -0.39 is 0 Å². The van der Waals surface area contributed by atoms with Gasteiger partial charge >= 0.3 is 0 Å². The third-order valence-electron chi connectivity index (χ3n) is 7.12. The zero-order valence-corrected chi connectivity index (χ0v) is 21.1. The third kappa shape index (κ3) is 4.83. The van der Waals surface area contributed by atoms with E-state index in [-0.39, 0.29) is 24.0 Å². The van der Waals surface area contributed by atoms with Crippen LogP contribution in [0.4, 0.5) is 5.95 Å². The van der Waals surface area contributed by atoms with Gasteiger partial charge in [0, 0.05) is 29.1 Å². The van der Waals surface area contributed by atoms with Gasteiger partial charge in [0.25, 0.3) is 0 Å². The van der Waals surface area contributed by atoms with Crippen molar-refractivity contribution in [1.29, 1.82) is 0 Å². The Balaban J connectivity index is 1.94. The number of rotatable bonds is 9. The number of fused-ring (bicyclic) bond motifs is 1. The van der Waals surface area contributed by atoms with E-state index in [9.17, 15) is 5.11 Å². The maximum Gasteiger partial charge on any atom is 0.235 e. The van der Waals surface area contributed by atoms with Crippen molar-refractivity contribution in [2.75, 3.05) is 25.6 Å². The maximum atomic E-state index is 9.21. The monoisotopic (exact) mass is 476 g/mol. The standard InChI is InChI=1S/C28H36N4O3/c1-17(2)20(12-11-19(4)28(29)13-8-14-28)24-22(21-10-7-6-9-18(21)3)23-25(34-5)31-27(30-15-16-33)32-26(23)35-24/h6-7,9-12,18,21,33H,1,8,13-16,29H2,2-5H3,(H,30,31,32). The molecule has 35 heavy (non-hydrogen) atoms. The van der Waals surface area contributed by atoms with Gasteiger partial charge in [-0.1, -0.05) is 55.5 Å². The van der Waals surface area contributed by atoms with Gasteiger partial charge in [0.05, 0.1) is 13.7 Å². The highest BCUT2D eigenvalue weighted by Gasteiger charge is 2.34. The summed E-state index contributed by atoms with van der Waals surface area (Å²) >= 11 is 0. The Labute approximate surface area is 207 Å². The summed E-state index contributed by atoms with van der Waals surface area (Å²) in [5, 5.41) is 13.0. The molecule has 0 saturated heterocycles. The van der Waals surface area contributed by atoms with Crippen LogP contribution in [-0.4, -0.2) is 40.9 Å². The lowest BCUT2D eigenvalue weighted by atomic mass is 9.72. The van der Waals surface area contributed by atoms with Gasteiger partial charge in [-0.25, -0.2) is 0 Å². The Hall–Kier alpha value is -3.16. The number of methoxy groups -OCH3 is 1. The normalized spacial score (nSPS) is 21.8. The minimum atomic E-state index is -0.221. The number of aliphatic hydroxyl groups excluding tert-OH is 1. The van der Waals surface area contributed by atoms with Crippen molar-refractivity contribution in [2.24, 2.45) is 11.7 Å². The SMILES string of the molecule is C=C(C)C(=CC=C(C)C1(N)CCC1)c1oc2nc(NCCO)nc(OC)c2c1C1C=CC=CC1C. The van der Waals surface area contributed by atoms with Crippen molar-refractivity contribution >= 4 is 22.6 Å². The number of aliphatic hydroxyl groups is 1. The smallest absolute Gasteiger partial charge is 0.235 e. The quantitative estimate of drug-likeness (QED) is 0.423. The number of furan rings is 1. The first-order chi connectivity index (χ1) is 16.8. The zero-order valence-electron chi connectivity index (χ0n) is 21.1. The second kappa shape index (κ2) is 10.2. The topological polar surface area (TPSA) is 106 Å². The van der Waals surface area contributed by atoms with E-state index in [0.717, 1.165) is 46.9 Å². The fraction of sp³-hybridized carbons (Fsp3) is 0.429. The van der Waals surface area contributed by atoms with E-state index in [0.29, 0.717) is 29.8 Å². The van der Waals surface area contributed by atoms with Gasteiger partial charge in [-0.2, -0.15) is 9.97 Å². The molecule has 2 heterocycles. The fourth-order valence-corrected chi connectivity index (χ4v) is 4.72. The Kier molecular flexibility index (Phi) is 7.28. The molecular formula is C28H36N4O3. The predicted molar refractivity (Wildman–Crippen MR) is 141 cm³/mol. The van der Waals surface area contributed by atoms with Crippen molar-refractivity contribution < 1.29 is 14.3 Å². The summed E-state index contributed by atoms with van der Waals surface area (Å²) in [4.78, 5) is 9.16. The van der Waals surface area contributed by atoms with Crippen LogP contribution in [0.15, 0.2) is 58.6 Å². The number of nitrogens with two attached hydrogens (primary N) is 1. The third-order valence-corrected chi connectivity index (χ3v) is 7.12. The fourth-order valence-electron chi connectivity index (χ4n) is 4.72. The number of nitrogens with one attached hydrogen (secondary N) is 1. The van der Waals surface area contributed by atoms with Crippen LogP contribution in [0.2, 0.25) is 0 Å². The van der Waals surface area contributed by atoms with Crippen LogP contribution in [0.25, 0.3) is 16.7 Å². The average molecular weight is 477 g/mol. The minimum absolute atomic E-state index is 0.0358. The number of aromatic nitrogens is 2. The minimum Gasteiger partial charge on any atom is -0.480 e. The van der Waals surface area contributed by atoms with Gasteiger partial charge in [-0.05, 0) is 44.6 Å². The molecule has 2 unspecified atom stereocenters. The number of allylic oxidation sites excluding steroid dienone is 8. The lowest BCUT2D eigenvalue weighted by Gasteiger charge is -2.39. The van der Waals surface area contributed by atoms with Crippen LogP contribution in [0.3, 0.4) is 0 Å². The van der Waals surface area contributed by atoms with Crippen LogP contribution in [0, 0.1) is 5.92 Å². The summed E-state index contributed by atoms with van der Waals surface area (Å²) in [7, 11) is 1.59. The zero-order chi connectivity index (χ0) is 25.2. The number of ether oxygens (including phenoxy) is 1. The van der Waals surface area contributed by atoms with Crippen molar-refractivity contribution in [2.45, 2.75) is 51.5 Å². The first-order valence-corrected chi connectivity index (χ1v) is 12.2. The molecule has 0 amide bonds. The summed E-state index contributed by atoms with van der Waals surface area (Å²) in [6.07, 6.45) is 15.8. The molecule has 0 bridgehead atoms. The summed E-state index contributed by atoms with van der Waals surface area (Å²) < 4.78 is 12.2. The first-order valence-electron chi connectivity index (χ1n) is 12.2. The molecule has 0 aliphatic heterocycles. The highest BCUT2D eigenvalue weighted by atomic mass is 16.5. The largest absolute Gasteiger partial charge is 0.480 e. The second-order valence-electron chi connectivity index (χ2n) is 9.61. The van der Waals surface area contributed by atoms with Crippen molar-refractivity contribution in [3.05, 3.63) is 65.5 Å². The molecule has 1 saturated carbocycles. The van der Waals surface area contributed by atoms with E-state index in [1.807, 2.05) is 6.92 Å². The number of anilines is 1. The Morgan fingerprint density at radius 1 is 1.29 bits per heavy atom. The molecule has 4 rings (SSSR count). The van der Waals surface area contributed by atoms with Crippen LogP contribution in [0.1, 0.15) is 57.3 Å². The highest BCUT2D eigenvalue weighted by molar-refractivity contribution is 5.92. The van der Waals surface area contributed by atoms with Crippen molar-refractivity contribution in [3.63, 3.8) is 0 Å². The predicted octanol–water partition coefficient (Wildman–Crippen LogP) is 5.27. The van der Waals surface area contributed by atoms with Gasteiger partial charge < -0.3 is 25.3 Å². The summed E-state index contributed by atoms with van der Waals surface area (Å²) in [6, 6.07) is 0. The van der Waals surface area contributed by atoms with Gasteiger partial charge in [0.1, 0.15) is 11.1 Å². The molecule has 1 fully saturated rings. The van der Waals surface area contributed by atoms with E-state index >= 15 is 0 Å². The van der Waals surface area contributed by atoms with E-state index in [2.05, 4.69) is 72.2 Å². The molecule has 2 atom stereocenters. The number of hydrogen-bond donors (Lipinski definition) is 3. The lowest BCUT2D eigenvalue weighted by molar-refractivity contribution is 0.298. The molecule has 7 heteroatoms.